The van der Waals surface area contributed by atoms with Gasteiger partial charge in [-0.15, -0.1) is 0 Å². The van der Waals surface area contributed by atoms with Crippen molar-refractivity contribution in [3.8, 4) is 5.75 Å². The van der Waals surface area contributed by atoms with E-state index in [2.05, 4.69) is 10.6 Å². The van der Waals surface area contributed by atoms with Crippen LogP contribution in [0, 0.1) is 0 Å². The van der Waals surface area contributed by atoms with Crippen molar-refractivity contribution in [3.63, 3.8) is 0 Å². The summed E-state index contributed by atoms with van der Waals surface area (Å²) in [6, 6.07) is 12.0. The summed E-state index contributed by atoms with van der Waals surface area (Å²) in [6.07, 6.45) is 0.171. The van der Waals surface area contributed by atoms with Crippen molar-refractivity contribution in [3.05, 3.63) is 58.1 Å². The van der Waals surface area contributed by atoms with Crippen LogP contribution in [-0.4, -0.2) is 25.5 Å². The number of hydrogen-bond acceptors (Lipinski definition) is 3. The number of anilines is 1. The molecule has 2 N–H and O–H groups in total. The molecule has 0 spiro atoms. The van der Waals surface area contributed by atoms with Crippen LogP contribution in [0.1, 0.15) is 5.56 Å². The summed E-state index contributed by atoms with van der Waals surface area (Å²) in [7, 11) is 1.57. The van der Waals surface area contributed by atoms with E-state index in [-0.39, 0.29) is 18.9 Å². The van der Waals surface area contributed by atoms with Gasteiger partial charge >= 0.3 is 0 Å². The second-order valence-corrected chi connectivity index (χ2v) is 5.76. The molecular formula is C17H16Cl2N2O3. The Morgan fingerprint density at radius 2 is 1.62 bits per heavy atom. The Kier molecular flexibility index (Phi) is 6.46. The molecule has 2 aromatic rings. The number of hydrogen-bond donors (Lipinski definition) is 2. The van der Waals surface area contributed by atoms with E-state index < -0.39 is 5.91 Å². The van der Waals surface area contributed by atoms with Gasteiger partial charge in [0.25, 0.3) is 0 Å². The standard InChI is InChI=1S/C17H16Cl2N2O3/c1-24-12-7-5-11(6-8-12)9-15(22)20-10-16(23)21-17-13(18)3-2-4-14(17)19/h2-8H,9-10H2,1H3,(H,20,22)(H,21,23). The van der Waals surface area contributed by atoms with E-state index in [1.807, 2.05) is 0 Å². The molecule has 7 heteroatoms. The maximum absolute atomic E-state index is 11.9. The summed E-state index contributed by atoms with van der Waals surface area (Å²) in [5, 5.41) is 5.80. The lowest BCUT2D eigenvalue weighted by Crippen LogP contribution is -2.33. The van der Waals surface area contributed by atoms with E-state index in [0.29, 0.717) is 15.7 Å². The third-order valence-corrected chi connectivity index (χ3v) is 3.83. The van der Waals surface area contributed by atoms with E-state index in [9.17, 15) is 9.59 Å². The second-order valence-electron chi connectivity index (χ2n) is 4.95. The average molecular weight is 367 g/mol. The molecule has 0 heterocycles. The maximum Gasteiger partial charge on any atom is 0.243 e. The molecule has 0 saturated carbocycles. The SMILES string of the molecule is COc1ccc(CC(=O)NCC(=O)Nc2c(Cl)cccc2Cl)cc1. The van der Waals surface area contributed by atoms with Crippen LogP contribution in [0.5, 0.6) is 5.75 Å². The molecule has 24 heavy (non-hydrogen) atoms. The van der Waals surface area contributed by atoms with Gasteiger partial charge in [0, 0.05) is 0 Å². The lowest BCUT2D eigenvalue weighted by atomic mass is 10.1. The third-order valence-electron chi connectivity index (χ3n) is 3.20. The Balaban J connectivity index is 1.83. The minimum atomic E-state index is -0.409. The highest BCUT2D eigenvalue weighted by molar-refractivity contribution is 6.39. The minimum absolute atomic E-state index is 0.170. The zero-order valence-corrected chi connectivity index (χ0v) is 14.4. The minimum Gasteiger partial charge on any atom is -0.497 e. The molecule has 0 aliphatic heterocycles. The lowest BCUT2D eigenvalue weighted by molar-refractivity contribution is -0.123. The molecule has 126 valence electrons. The molecular weight excluding hydrogens is 351 g/mol. The van der Waals surface area contributed by atoms with Gasteiger partial charge in [0.2, 0.25) is 11.8 Å². The van der Waals surface area contributed by atoms with Gasteiger partial charge in [0.05, 0.1) is 35.8 Å². The van der Waals surface area contributed by atoms with E-state index in [4.69, 9.17) is 27.9 Å². The highest BCUT2D eigenvalue weighted by Crippen LogP contribution is 2.29. The lowest BCUT2D eigenvalue weighted by Gasteiger charge is -2.10. The van der Waals surface area contributed by atoms with Crippen molar-refractivity contribution in [1.82, 2.24) is 5.32 Å². The predicted molar refractivity (Wildman–Crippen MR) is 94.8 cm³/mol. The van der Waals surface area contributed by atoms with Crippen LogP contribution in [0.3, 0.4) is 0 Å². The molecule has 0 aliphatic rings. The predicted octanol–water partition coefficient (Wildman–Crippen LogP) is 3.30. The number of benzene rings is 2. The maximum atomic E-state index is 11.9. The van der Waals surface area contributed by atoms with E-state index in [1.54, 1.807) is 49.6 Å². The zero-order chi connectivity index (χ0) is 17.5. The van der Waals surface area contributed by atoms with Crippen LogP contribution in [0.2, 0.25) is 10.0 Å². The molecule has 0 atom stereocenters. The van der Waals surface area contributed by atoms with Crippen molar-refractivity contribution in [2.75, 3.05) is 19.0 Å². The Labute approximate surface area is 149 Å². The Morgan fingerprint density at radius 1 is 1.00 bits per heavy atom. The van der Waals surface area contributed by atoms with Crippen LogP contribution in [-0.2, 0) is 16.0 Å². The third kappa shape index (κ3) is 5.15. The smallest absolute Gasteiger partial charge is 0.243 e. The first-order chi connectivity index (χ1) is 11.5. The van der Waals surface area contributed by atoms with Gasteiger partial charge in [-0.2, -0.15) is 0 Å². The van der Waals surface area contributed by atoms with E-state index >= 15 is 0 Å². The fourth-order valence-corrected chi connectivity index (χ4v) is 2.46. The van der Waals surface area contributed by atoms with Crippen LogP contribution >= 0.6 is 23.2 Å². The van der Waals surface area contributed by atoms with Crippen molar-refractivity contribution < 1.29 is 14.3 Å². The fourth-order valence-electron chi connectivity index (χ4n) is 1.97. The number of nitrogens with one attached hydrogen (secondary N) is 2. The Hall–Kier alpha value is -2.24. The number of amides is 2. The van der Waals surface area contributed by atoms with Crippen LogP contribution in [0.4, 0.5) is 5.69 Å². The van der Waals surface area contributed by atoms with Gasteiger partial charge in [-0.05, 0) is 29.8 Å². The molecule has 2 amide bonds. The zero-order valence-electron chi connectivity index (χ0n) is 12.9. The first kappa shape index (κ1) is 18.1. The average Bonchev–Trinajstić information content (AvgIpc) is 2.57. The number of halogens is 2. The molecule has 0 bridgehead atoms. The summed E-state index contributed by atoms with van der Waals surface area (Å²) in [5.74, 6) is 0.0452. The van der Waals surface area contributed by atoms with Gasteiger partial charge < -0.3 is 15.4 Å². The van der Waals surface area contributed by atoms with Crippen molar-refractivity contribution >= 4 is 40.7 Å². The van der Waals surface area contributed by atoms with Crippen LogP contribution < -0.4 is 15.4 Å². The Bertz CT molecular complexity index is 713. The summed E-state index contributed by atoms with van der Waals surface area (Å²) < 4.78 is 5.05. The van der Waals surface area contributed by atoms with Gasteiger partial charge in [-0.3, -0.25) is 9.59 Å². The molecule has 0 fully saturated rings. The quantitative estimate of drug-likeness (QED) is 0.823. The fraction of sp³-hybridized carbons (Fsp3) is 0.176. The highest BCUT2D eigenvalue weighted by atomic mass is 35.5. The van der Waals surface area contributed by atoms with E-state index in [1.165, 1.54) is 0 Å². The summed E-state index contributed by atoms with van der Waals surface area (Å²) in [4.78, 5) is 23.8. The van der Waals surface area contributed by atoms with Crippen molar-refractivity contribution in [1.29, 1.82) is 0 Å². The number of carbonyl (C=O) groups is 2. The number of rotatable bonds is 6. The molecule has 0 radical (unpaired) electrons. The molecule has 0 unspecified atom stereocenters. The molecule has 5 nitrogen and oxygen atoms in total. The molecule has 0 saturated heterocycles. The van der Waals surface area contributed by atoms with Crippen LogP contribution in [0.25, 0.3) is 0 Å². The van der Waals surface area contributed by atoms with Crippen LogP contribution in [0.15, 0.2) is 42.5 Å². The number of methoxy groups -OCH3 is 1. The topological polar surface area (TPSA) is 67.4 Å². The van der Waals surface area contributed by atoms with E-state index in [0.717, 1.165) is 11.3 Å². The molecule has 0 aromatic heterocycles. The first-order valence-electron chi connectivity index (χ1n) is 7.13. The van der Waals surface area contributed by atoms with Gasteiger partial charge in [0.1, 0.15) is 5.75 Å². The summed E-state index contributed by atoms with van der Waals surface area (Å²) in [6.45, 7) is -0.170. The molecule has 0 aliphatic carbocycles. The Morgan fingerprint density at radius 3 is 2.21 bits per heavy atom. The molecule has 2 aromatic carbocycles. The number of carbonyl (C=O) groups excluding carboxylic acids is 2. The highest BCUT2D eigenvalue weighted by Gasteiger charge is 2.11. The number of ether oxygens (including phenoxy) is 1. The van der Waals surface area contributed by atoms with Gasteiger partial charge in [0.15, 0.2) is 0 Å². The molecule has 2 rings (SSSR count). The van der Waals surface area contributed by atoms with Gasteiger partial charge in [-0.25, -0.2) is 0 Å². The normalized spacial score (nSPS) is 10.1. The van der Waals surface area contributed by atoms with Crippen molar-refractivity contribution in [2.24, 2.45) is 0 Å². The van der Waals surface area contributed by atoms with Gasteiger partial charge in [-0.1, -0.05) is 41.4 Å². The first-order valence-corrected chi connectivity index (χ1v) is 7.88. The largest absolute Gasteiger partial charge is 0.497 e. The monoisotopic (exact) mass is 366 g/mol. The summed E-state index contributed by atoms with van der Waals surface area (Å²) >= 11 is 11.9. The number of para-hydroxylation sites is 1. The summed E-state index contributed by atoms with van der Waals surface area (Å²) in [5.41, 5.74) is 1.15. The van der Waals surface area contributed by atoms with Crippen molar-refractivity contribution in [2.45, 2.75) is 6.42 Å². The second kappa shape index (κ2) is 8.57.